The molecule has 6 heteroatoms. The van der Waals surface area contributed by atoms with Crippen molar-refractivity contribution in [2.24, 2.45) is 5.92 Å². The molecule has 1 fully saturated rings. The molecule has 2 atom stereocenters. The van der Waals surface area contributed by atoms with E-state index in [4.69, 9.17) is 13.8 Å². The summed E-state index contributed by atoms with van der Waals surface area (Å²) in [5.41, 5.74) is 12.7. The Morgan fingerprint density at radius 3 is 1.96 bits per heavy atom. The second-order valence-corrected chi connectivity index (χ2v) is 24.1. The standard InChI is InChI=1S/C71H69N4O.Pt/c1-47(2)37-51-25-18-30-65-67(51)75(68-59(49-23-16-13-17-24-49)28-20-29-60(68)52-38-54(70(6,7)8)41-55(39-52)71(9,10)11)45-74(65,46-75)56-26-19-27-57(43-56)76-58-32-33-61-62-40-50(48-21-14-12-15-22-48)31-34-63(62)73(64(61)44-58)66-42-53(35-36-72-66)69(3,4)5;/h12-36,38-42,45,47H,37,46H2,1-11H3;/q-1;/t74-,75-;/m1./s1/i13D,16D,17D,23D,24D,37D2;. The molecule has 0 saturated carbocycles. The average Bonchev–Trinajstić information content (AvgIpc) is 1.54. The van der Waals surface area contributed by atoms with Gasteiger partial charge in [-0.1, -0.05) is 197 Å². The minimum absolute atomic E-state index is 0. The Morgan fingerprint density at radius 1 is 0.610 bits per heavy atom. The van der Waals surface area contributed by atoms with Gasteiger partial charge in [0.25, 0.3) is 0 Å². The van der Waals surface area contributed by atoms with Crippen molar-refractivity contribution in [3.63, 3.8) is 0 Å². The first-order valence-electron chi connectivity index (χ1n) is 30.0. The zero-order valence-electron chi connectivity index (χ0n) is 52.8. The third kappa shape index (κ3) is 9.09. The van der Waals surface area contributed by atoms with Gasteiger partial charge in [0.05, 0.1) is 13.5 Å². The Balaban J connectivity index is 0.00000736. The number of fused-ring (bicyclic) bond motifs is 3. The maximum atomic E-state index is 9.87. The predicted molar refractivity (Wildman–Crippen MR) is 319 cm³/mol. The summed E-state index contributed by atoms with van der Waals surface area (Å²) >= 11 is 0. The van der Waals surface area contributed by atoms with Crippen molar-refractivity contribution in [2.75, 3.05) is 6.67 Å². The van der Waals surface area contributed by atoms with Gasteiger partial charge in [0.1, 0.15) is 11.5 Å². The smallest absolute Gasteiger partial charge is 0.184 e. The van der Waals surface area contributed by atoms with Crippen molar-refractivity contribution < 1.29 is 35.4 Å². The number of hydrogen-bond acceptors (Lipinski definition) is 2. The number of rotatable bonds is 10. The molecule has 8 aromatic carbocycles. The molecule has 3 aliphatic heterocycles. The van der Waals surface area contributed by atoms with Gasteiger partial charge < -0.3 is 13.8 Å². The van der Waals surface area contributed by atoms with Crippen LogP contribution in [0.25, 0.3) is 61.0 Å². The minimum atomic E-state index is -1.82. The van der Waals surface area contributed by atoms with Crippen LogP contribution in [-0.4, -0.2) is 16.2 Å². The van der Waals surface area contributed by atoms with E-state index in [1.54, 1.807) is 0 Å². The summed E-state index contributed by atoms with van der Waals surface area (Å²) in [6.07, 6.45) is 0.0570. The van der Waals surface area contributed by atoms with Crippen molar-refractivity contribution in [3.8, 4) is 50.7 Å². The topological polar surface area (TPSA) is 27.1 Å². The molecule has 3 aliphatic rings. The second kappa shape index (κ2) is 19.2. The number of ether oxygens (including phenoxy) is 1. The van der Waals surface area contributed by atoms with Crippen LogP contribution in [0.2, 0.25) is 0 Å². The Morgan fingerprint density at radius 2 is 1.27 bits per heavy atom. The number of pyridine rings is 1. The monoisotopic (exact) mass is 1200 g/mol. The molecule has 77 heavy (non-hydrogen) atoms. The molecule has 5 heterocycles. The maximum absolute atomic E-state index is 9.87. The molecule has 0 unspecified atom stereocenters. The molecule has 10 aromatic rings. The van der Waals surface area contributed by atoms with E-state index in [-0.39, 0.29) is 63.9 Å². The van der Waals surface area contributed by atoms with Gasteiger partial charge in [0, 0.05) is 75.5 Å². The van der Waals surface area contributed by atoms with E-state index in [9.17, 15) is 5.48 Å². The van der Waals surface area contributed by atoms with E-state index in [1.807, 2.05) is 74.6 Å². The Bertz CT molecular complexity index is 4220. The number of nitrogens with zero attached hydrogens (tertiary/aromatic N) is 4. The average molecular weight is 1200 g/mol. The zero-order valence-corrected chi connectivity index (χ0v) is 48.1. The summed E-state index contributed by atoms with van der Waals surface area (Å²) in [7, 11) is 0. The molecule has 0 spiro atoms. The first-order chi connectivity index (χ1) is 39.1. The first-order valence-corrected chi connectivity index (χ1v) is 26.5. The van der Waals surface area contributed by atoms with E-state index >= 15 is 0 Å². The Labute approximate surface area is 481 Å². The van der Waals surface area contributed by atoms with Crippen LogP contribution in [-0.2, 0) is 43.7 Å². The van der Waals surface area contributed by atoms with Crippen LogP contribution in [0.4, 0.5) is 22.7 Å². The third-order valence-electron chi connectivity index (χ3n) is 15.3. The van der Waals surface area contributed by atoms with Crippen LogP contribution in [0, 0.1) is 24.7 Å². The van der Waals surface area contributed by atoms with E-state index in [0.717, 1.165) is 83.6 Å². The summed E-state index contributed by atoms with van der Waals surface area (Å²) in [4.78, 5) is 4.95. The maximum Gasteiger partial charge on any atom is 0.184 e. The summed E-state index contributed by atoms with van der Waals surface area (Å²) < 4.78 is 74.4. The molecule has 0 N–H and O–H groups in total. The summed E-state index contributed by atoms with van der Waals surface area (Å²) in [5, 5.41) is 2.07. The number of quaternary nitrogens is 2. The fourth-order valence-electron chi connectivity index (χ4n) is 11.5. The Kier molecular flexibility index (Phi) is 11.0. The van der Waals surface area contributed by atoms with Gasteiger partial charge in [0.2, 0.25) is 0 Å². The van der Waals surface area contributed by atoms with Gasteiger partial charge in [-0.25, -0.2) is 4.98 Å². The molecule has 0 amide bonds. The quantitative estimate of drug-likeness (QED) is 0.101. The van der Waals surface area contributed by atoms with Gasteiger partial charge in [-0.3, -0.25) is 4.48 Å². The summed E-state index contributed by atoms with van der Waals surface area (Å²) in [6, 6.07) is 55.0. The van der Waals surface area contributed by atoms with Gasteiger partial charge in [0.15, 0.2) is 18.0 Å². The predicted octanol–water partition coefficient (Wildman–Crippen LogP) is 19.0. The van der Waals surface area contributed by atoms with Crippen molar-refractivity contribution in [2.45, 2.75) is 98.8 Å². The SMILES string of the molecule is [2H]c1c([2H])c([2H])c(-c2cccc(-c3cc(C(C)(C)C)cc(C(C)(C)C)c3)c2[N@+]23[CH-][N@+](c4[c-]c(Oc5[c-]c6c(cc5)c5cc(-c7ccccc7)ccc5n6-c5cc(C(C)(C)C)ccn5)ccc4)(C2)c2cccc(C([2H])([2H])C(C)C)c23)c([2H])c1[2H].[Pt]. The van der Waals surface area contributed by atoms with E-state index in [1.165, 1.54) is 0 Å². The first kappa shape index (κ1) is 44.1. The molecule has 5 nitrogen and oxygen atoms in total. The summed E-state index contributed by atoms with van der Waals surface area (Å²) in [6.45, 7) is 26.1. The molecule has 1 saturated heterocycles. The van der Waals surface area contributed by atoms with Crippen molar-refractivity contribution in [3.05, 3.63) is 223 Å². The van der Waals surface area contributed by atoms with Gasteiger partial charge in [-0.2, -0.15) is 12.1 Å². The summed E-state index contributed by atoms with van der Waals surface area (Å²) in [5.74, 6) is 1.30. The fourth-order valence-corrected chi connectivity index (χ4v) is 11.5. The number of hydrogen-bond donors (Lipinski definition) is 0. The third-order valence-corrected chi connectivity index (χ3v) is 15.3. The minimum Gasteiger partial charge on any atom is -0.509 e. The Hall–Kier alpha value is -6.88. The van der Waals surface area contributed by atoms with Crippen LogP contribution >= 0.6 is 0 Å². The molecular weight excluding hydrogens is 1120 g/mol. The van der Waals surface area contributed by atoms with Crippen LogP contribution in [0.15, 0.2) is 182 Å². The molecule has 2 aromatic heterocycles. The molecular formula is C71H69N4OPt-. The van der Waals surface area contributed by atoms with Crippen LogP contribution in [0.1, 0.15) is 108 Å². The molecule has 2 bridgehead atoms. The van der Waals surface area contributed by atoms with Crippen LogP contribution in [0.3, 0.4) is 0 Å². The second-order valence-electron chi connectivity index (χ2n) is 24.1. The molecule has 390 valence electrons. The van der Waals surface area contributed by atoms with Crippen molar-refractivity contribution in [1.82, 2.24) is 18.5 Å². The number of benzene rings is 8. The normalized spacial score (nSPS) is 18.6. The van der Waals surface area contributed by atoms with Gasteiger partial charge >= 0.3 is 0 Å². The van der Waals surface area contributed by atoms with E-state index in [0.29, 0.717) is 35.0 Å². The largest absolute Gasteiger partial charge is 0.509 e. The van der Waals surface area contributed by atoms with Crippen molar-refractivity contribution >= 4 is 44.6 Å². The van der Waals surface area contributed by atoms with Gasteiger partial charge in [-0.15, -0.1) is 29.7 Å². The molecule has 0 aliphatic carbocycles. The molecule has 13 rings (SSSR count). The van der Waals surface area contributed by atoms with Crippen LogP contribution < -0.4 is 13.7 Å². The van der Waals surface area contributed by atoms with E-state index in [2.05, 4.69) is 177 Å². The fraction of sp³-hybridized carbons (Fsp3) is 0.239. The van der Waals surface area contributed by atoms with Gasteiger partial charge in [-0.05, 0) is 103 Å². The number of aromatic nitrogens is 2. The molecule has 0 radical (unpaired) electrons. The van der Waals surface area contributed by atoms with Crippen molar-refractivity contribution in [1.29, 1.82) is 0 Å². The number of para-hydroxylation sites is 2. The zero-order chi connectivity index (χ0) is 59.1. The van der Waals surface area contributed by atoms with E-state index < -0.39 is 30.4 Å². The van der Waals surface area contributed by atoms with Crippen LogP contribution in [0.5, 0.6) is 11.5 Å².